The monoisotopic (exact) mass is 277 g/mol. The van der Waals surface area contributed by atoms with Crippen LogP contribution in [-0.2, 0) is 16.1 Å². The summed E-state index contributed by atoms with van der Waals surface area (Å²) in [5, 5.41) is 3.18. The summed E-state index contributed by atoms with van der Waals surface area (Å²) in [7, 11) is 0. The first-order chi connectivity index (χ1) is 9.75. The molecule has 2 amide bonds. The minimum absolute atomic E-state index is 0.194. The number of nitrogens with one attached hydrogen (secondary N) is 1. The van der Waals surface area contributed by atoms with Gasteiger partial charge in [-0.05, 0) is 25.0 Å². The van der Waals surface area contributed by atoms with Crippen molar-refractivity contribution in [1.82, 2.24) is 15.1 Å². The van der Waals surface area contributed by atoms with Crippen LogP contribution in [-0.4, -0.2) is 53.8 Å². The molecule has 1 aromatic rings. The minimum Gasteiger partial charge on any atom is -0.467 e. The van der Waals surface area contributed by atoms with Gasteiger partial charge >= 0.3 is 11.8 Å². The van der Waals surface area contributed by atoms with Crippen LogP contribution >= 0.6 is 0 Å². The zero-order valence-electron chi connectivity index (χ0n) is 11.4. The van der Waals surface area contributed by atoms with Crippen molar-refractivity contribution in [1.29, 1.82) is 0 Å². The lowest BCUT2D eigenvalue weighted by Gasteiger charge is -2.29. The summed E-state index contributed by atoms with van der Waals surface area (Å²) in [5.41, 5.74) is 0. The van der Waals surface area contributed by atoms with E-state index in [1.807, 2.05) is 6.07 Å². The molecule has 2 heterocycles. The van der Waals surface area contributed by atoms with Crippen LogP contribution < -0.4 is 5.32 Å². The van der Waals surface area contributed by atoms with Crippen molar-refractivity contribution < 1.29 is 14.0 Å². The zero-order chi connectivity index (χ0) is 13.9. The molecule has 2 fully saturated rings. The van der Waals surface area contributed by atoms with Crippen LogP contribution in [0.15, 0.2) is 22.8 Å². The molecule has 0 aromatic carbocycles. The SMILES string of the molecule is O=C(C(=O)N(Cc1ccco1)C1CC1)N1CCNCC1. The van der Waals surface area contributed by atoms with E-state index in [9.17, 15) is 9.59 Å². The lowest BCUT2D eigenvalue weighted by Crippen LogP contribution is -2.52. The Kier molecular flexibility index (Phi) is 3.73. The lowest BCUT2D eigenvalue weighted by atomic mass is 10.3. The fourth-order valence-corrected chi connectivity index (χ4v) is 2.45. The van der Waals surface area contributed by atoms with Crippen LogP contribution in [0.3, 0.4) is 0 Å². The molecular formula is C14H19N3O3. The molecule has 6 heteroatoms. The molecule has 20 heavy (non-hydrogen) atoms. The molecule has 6 nitrogen and oxygen atoms in total. The Balaban J connectivity index is 1.67. The number of hydrogen-bond acceptors (Lipinski definition) is 4. The maximum absolute atomic E-state index is 12.4. The second-order valence-corrected chi connectivity index (χ2v) is 5.29. The predicted molar refractivity (Wildman–Crippen MR) is 71.7 cm³/mol. The first-order valence-corrected chi connectivity index (χ1v) is 7.08. The molecule has 1 saturated heterocycles. The normalized spacial score (nSPS) is 18.9. The second kappa shape index (κ2) is 5.66. The number of rotatable bonds is 3. The van der Waals surface area contributed by atoms with Gasteiger partial charge in [-0.15, -0.1) is 0 Å². The van der Waals surface area contributed by atoms with Crippen molar-refractivity contribution in [3.63, 3.8) is 0 Å². The molecule has 0 atom stereocenters. The van der Waals surface area contributed by atoms with Crippen molar-refractivity contribution in [2.24, 2.45) is 0 Å². The average Bonchev–Trinajstić information content (AvgIpc) is 3.21. The largest absolute Gasteiger partial charge is 0.467 e. The van der Waals surface area contributed by atoms with Crippen LogP contribution in [0.1, 0.15) is 18.6 Å². The van der Waals surface area contributed by atoms with Crippen molar-refractivity contribution in [3.8, 4) is 0 Å². The molecular weight excluding hydrogens is 258 g/mol. The third kappa shape index (κ3) is 2.85. The fraction of sp³-hybridized carbons (Fsp3) is 0.571. The number of nitrogens with zero attached hydrogens (tertiary/aromatic N) is 2. The van der Waals surface area contributed by atoms with Crippen LogP contribution in [0.4, 0.5) is 0 Å². The van der Waals surface area contributed by atoms with Gasteiger partial charge in [0.25, 0.3) is 0 Å². The highest BCUT2D eigenvalue weighted by atomic mass is 16.3. The van der Waals surface area contributed by atoms with Crippen LogP contribution in [0.2, 0.25) is 0 Å². The Bertz CT molecular complexity index is 476. The summed E-state index contributed by atoms with van der Waals surface area (Å²) in [5.74, 6) is -0.0610. The van der Waals surface area contributed by atoms with Gasteiger partial charge in [-0.1, -0.05) is 0 Å². The predicted octanol–water partition coefficient (Wildman–Crippen LogP) is 0.202. The second-order valence-electron chi connectivity index (χ2n) is 5.29. The van der Waals surface area contributed by atoms with E-state index in [4.69, 9.17) is 4.42 Å². The molecule has 1 saturated carbocycles. The number of carbonyl (C=O) groups excluding carboxylic acids is 2. The highest BCUT2D eigenvalue weighted by Gasteiger charge is 2.37. The summed E-state index contributed by atoms with van der Waals surface area (Å²) in [6.45, 7) is 3.09. The molecule has 2 aliphatic rings. The van der Waals surface area contributed by atoms with Gasteiger partial charge in [-0.3, -0.25) is 9.59 Å². The third-order valence-electron chi connectivity index (χ3n) is 3.74. The van der Waals surface area contributed by atoms with Crippen molar-refractivity contribution in [2.75, 3.05) is 26.2 Å². The van der Waals surface area contributed by atoms with Crippen molar-refractivity contribution >= 4 is 11.8 Å². The molecule has 108 valence electrons. The zero-order valence-corrected chi connectivity index (χ0v) is 11.4. The van der Waals surface area contributed by atoms with Crippen molar-refractivity contribution in [2.45, 2.75) is 25.4 Å². The summed E-state index contributed by atoms with van der Waals surface area (Å²) in [4.78, 5) is 28.0. The molecule has 0 radical (unpaired) electrons. The summed E-state index contributed by atoms with van der Waals surface area (Å²) in [6.07, 6.45) is 3.53. The standard InChI is InChI=1S/C14H19N3O3/c18-13(16-7-5-15-6-8-16)14(19)17(11-3-4-11)10-12-2-1-9-20-12/h1-2,9,11,15H,3-8,10H2. The minimum atomic E-state index is -0.397. The van der Waals surface area contributed by atoms with Gasteiger partial charge in [0.2, 0.25) is 0 Å². The first-order valence-electron chi connectivity index (χ1n) is 7.08. The Morgan fingerprint density at radius 1 is 1.35 bits per heavy atom. The van der Waals surface area contributed by atoms with Gasteiger partial charge in [-0.25, -0.2) is 0 Å². The maximum Gasteiger partial charge on any atom is 0.312 e. The highest BCUT2D eigenvalue weighted by Crippen LogP contribution is 2.28. The van der Waals surface area contributed by atoms with Gasteiger partial charge in [-0.2, -0.15) is 0 Å². The van der Waals surface area contributed by atoms with Crippen LogP contribution in [0, 0.1) is 0 Å². The van der Waals surface area contributed by atoms with Gasteiger partial charge in [0.15, 0.2) is 0 Å². The smallest absolute Gasteiger partial charge is 0.312 e. The lowest BCUT2D eigenvalue weighted by molar-refractivity contribution is -0.153. The molecule has 1 aliphatic carbocycles. The van der Waals surface area contributed by atoms with E-state index in [0.717, 1.165) is 31.7 Å². The molecule has 3 rings (SSSR count). The molecule has 0 bridgehead atoms. The number of hydrogen-bond donors (Lipinski definition) is 1. The van der Waals surface area contributed by atoms with Crippen molar-refractivity contribution in [3.05, 3.63) is 24.2 Å². The van der Waals surface area contributed by atoms with E-state index in [1.165, 1.54) is 0 Å². The van der Waals surface area contributed by atoms with Crippen LogP contribution in [0.5, 0.6) is 0 Å². The molecule has 1 aliphatic heterocycles. The number of carbonyl (C=O) groups is 2. The van der Waals surface area contributed by atoms with Crippen LogP contribution in [0.25, 0.3) is 0 Å². The highest BCUT2D eigenvalue weighted by molar-refractivity contribution is 6.35. The van der Waals surface area contributed by atoms with Gasteiger partial charge in [0.1, 0.15) is 5.76 Å². The average molecular weight is 277 g/mol. The Morgan fingerprint density at radius 3 is 2.70 bits per heavy atom. The summed E-state index contributed by atoms with van der Waals surface area (Å²) in [6, 6.07) is 3.82. The summed E-state index contributed by atoms with van der Waals surface area (Å²) < 4.78 is 5.29. The molecule has 0 unspecified atom stereocenters. The first kappa shape index (κ1) is 13.2. The van der Waals surface area contributed by atoms with E-state index in [0.29, 0.717) is 19.6 Å². The molecule has 1 N–H and O–H groups in total. The van der Waals surface area contributed by atoms with Gasteiger partial charge in [0, 0.05) is 32.2 Å². The van der Waals surface area contributed by atoms with Gasteiger partial charge in [0.05, 0.1) is 12.8 Å². The van der Waals surface area contributed by atoms with E-state index in [-0.39, 0.29) is 11.9 Å². The van der Waals surface area contributed by atoms with E-state index in [1.54, 1.807) is 22.1 Å². The number of piperazine rings is 1. The Morgan fingerprint density at radius 2 is 2.10 bits per heavy atom. The Hall–Kier alpha value is -1.82. The molecule has 1 aromatic heterocycles. The maximum atomic E-state index is 12.4. The topological polar surface area (TPSA) is 65.8 Å². The summed E-state index contributed by atoms with van der Waals surface area (Å²) >= 11 is 0. The third-order valence-corrected chi connectivity index (χ3v) is 3.74. The molecule has 0 spiro atoms. The van der Waals surface area contributed by atoms with E-state index >= 15 is 0 Å². The van der Waals surface area contributed by atoms with Gasteiger partial charge < -0.3 is 19.5 Å². The Labute approximate surface area is 117 Å². The quantitative estimate of drug-likeness (QED) is 0.802. The fourth-order valence-electron chi connectivity index (χ4n) is 2.45. The van der Waals surface area contributed by atoms with E-state index in [2.05, 4.69) is 5.32 Å². The number of amides is 2. The van der Waals surface area contributed by atoms with E-state index < -0.39 is 5.91 Å². The number of furan rings is 1.